The lowest BCUT2D eigenvalue weighted by Gasteiger charge is -2.20. The van der Waals surface area contributed by atoms with E-state index in [1.165, 1.54) is 7.05 Å². The lowest BCUT2D eigenvalue weighted by Crippen LogP contribution is -2.40. The van der Waals surface area contributed by atoms with Gasteiger partial charge in [0.2, 0.25) is 0 Å². The largest absolute Gasteiger partial charge is 0.311 e. The van der Waals surface area contributed by atoms with Crippen molar-refractivity contribution in [2.24, 2.45) is 5.41 Å². The average molecular weight is 203 g/mol. The summed E-state index contributed by atoms with van der Waals surface area (Å²) in [5.41, 5.74) is -0.124. The van der Waals surface area contributed by atoms with Crippen LogP contribution in [0.25, 0.3) is 0 Å². The first-order valence-corrected chi connectivity index (χ1v) is 4.72. The smallest absolute Gasteiger partial charge is 0.261 e. The van der Waals surface area contributed by atoms with Crippen LogP contribution in [0.4, 0.5) is 8.78 Å². The van der Waals surface area contributed by atoms with E-state index in [1.54, 1.807) is 0 Å². The van der Waals surface area contributed by atoms with Gasteiger partial charge in [-0.25, -0.2) is 8.78 Å². The molecule has 0 rings (SSSR count). The van der Waals surface area contributed by atoms with Crippen LogP contribution in [0, 0.1) is 17.3 Å². The highest BCUT2D eigenvalue weighted by molar-refractivity contribution is 5.09. The minimum Gasteiger partial charge on any atom is -0.311 e. The topological polar surface area (TPSA) is 12.0 Å². The van der Waals surface area contributed by atoms with Gasteiger partial charge in [-0.05, 0) is 27.8 Å². The summed E-state index contributed by atoms with van der Waals surface area (Å²) < 4.78 is 25.8. The van der Waals surface area contributed by atoms with Crippen LogP contribution in [0.3, 0.4) is 0 Å². The van der Waals surface area contributed by atoms with Crippen LogP contribution in [-0.2, 0) is 0 Å². The summed E-state index contributed by atoms with van der Waals surface area (Å²) in [6.07, 6.45) is 0.178. The number of hydrogen-bond acceptors (Lipinski definition) is 1. The van der Waals surface area contributed by atoms with Gasteiger partial charge in [0, 0.05) is 18.8 Å². The monoisotopic (exact) mass is 203 g/mol. The van der Waals surface area contributed by atoms with Crippen molar-refractivity contribution in [3.63, 3.8) is 0 Å². The van der Waals surface area contributed by atoms with Gasteiger partial charge in [-0.15, -0.1) is 5.92 Å². The van der Waals surface area contributed by atoms with Crippen molar-refractivity contribution in [3.05, 3.63) is 0 Å². The third-order valence-corrected chi connectivity index (χ3v) is 1.73. The van der Waals surface area contributed by atoms with Crippen LogP contribution in [0.5, 0.6) is 0 Å². The minimum absolute atomic E-state index is 0.124. The minimum atomic E-state index is -2.72. The molecule has 1 atom stereocenters. The molecule has 0 aromatic carbocycles. The predicted molar refractivity (Wildman–Crippen MR) is 55.3 cm³/mol. The predicted octanol–water partition coefficient (Wildman–Crippen LogP) is 2.67. The van der Waals surface area contributed by atoms with Gasteiger partial charge in [-0.1, -0.05) is 5.92 Å². The lowest BCUT2D eigenvalue weighted by molar-refractivity contribution is -0.0141. The van der Waals surface area contributed by atoms with Crippen LogP contribution in [-0.4, -0.2) is 19.0 Å². The second-order valence-electron chi connectivity index (χ2n) is 4.55. The maximum absolute atomic E-state index is 12.9. The molecule has 0 radical (unpaired) electrons. The van der Waals surface area contributed by atoms with Gasteiger partial charge in [0.25, 0.3) is 5.92 Å². The fourth-order valence-electron chi connectivity index (χ4n) is 0.953. The number of rotatable bonds is 3. The molecule has 0 aliphatic carbocycles. The zero-order valence-corrected chi connectivity index (χ0v) is 9.54. The highest BCUT2D eigenvalue weighted by Gasteiger charge is 2.31. The van der Waals surface area contributed by atoms with Crippen LogP contribution in [0.2, 0.25) is 0 Å². The molecule has 1 nitrogen and oxygen atoms in total. The highest BCUT2D eigenvalue weighted by Crippen LogP contribution is 2.19. The summed E-state index contributed by atoms with van der Waals surface area (Å²) >= 11 is 0. The van der Waals surface area contributed by atoms with E-state index in [0.29, 0.717) is 0 Å². The van der Waals surface area contributed by atoms with E-state index in [2.05, 4.69) is 17.2 Å². The fraction of sp³-hybridized carbons (Fsp3) is 0.818. The Morgan fingerprint density at radius 3 is 2.00 bits per heavy atom. The normalized spacial score (nSPS) is 14.5. The third-order valence-electron chi connectivity index (χ3n) is 1.73. The second kappa shape index (κ2) is 4.75. The van der Waals surface area contributed by atoms with Crippen molar-refractivity contribution in [3.8, 4) is 11.8 Å². The fourth-order valence-corrected chi connectivity index (χ4v) is 0.953. The molecule has 0 bridgehead atoms. The Balaban J connectivity index is 4.28. The summed E-state index contributed by atoms with van der Waals surface area (Å²) in [6, 6.07) is -0.864. The molecule has 0 amide bonds. The average Bonchev–Trinajstić information content (AvgIpc) is 1.93. The molecule has 82 valence electrons. The van der Waals surface area contributed by atoms with Crippen LogP contribution in [0.15, 0.2) is 0 Å². The Bertz CT molecular complexity index is 224. The molecule has 0 aromatic rings. The van der Waals surface area contributed by atoms with E-state index < -0.39 is 12.0 Å². The van der Waals surface area contributed by atoms with E-state index in [-0.39, 0.29) is 11.8 Å². The van der Waals surface area contributed by atoms with Crippen molar-refractivity contribution in [2.45, 2.75) is 46.1 Å². The molecule has 0 fully saturated rings. The molecule has 1 N–H and O–H groups in total. The first kappa shape index (κ1) is 13.4. The van der Waals surface area contributed by atoms with Crippen molar-refractivity contribution in [1.29, 1.82) is 0 Å². The van der Waals surface area contributed by atoms with Gasteiger partial charge >= 0.3 is 0 Å². The van der Waals surface area contributed by atoms with E-state index in [0.717, 1.165) is 6.92 Å². The molecular formula is C11H19F2N. The first-order valence-electron chi connectivity index (χ1n) is 4.72. The van der Waals surface area contributed by atoms with E-state index in [4.69, 9.17) is 0 Å². The van der Waals surface area contributed by atoms with Gasteiger partial charge in [0.05, 0.1) is 6.04 Å². The second-order valence-corrected chi connectivity index (χ2v) is 4.55. The van der Waals surface area contributed by atoms with Gasteiger partial charge in [-0.2, -0.15) is 0 Å². The molecular weight excluding hydrogens is 184 g/mol. The van der Waals surface area contributed by atoms with Crippen LogP contribution < -0.4 is 5.32 Å². The van der Waals surface area contributed by atoms with Gasteiger partial charge in [0.1, 0.15) is 0 Å². The molecule has 0 spiro atoms. The maximum atomic E-state index is 12.9. The Labute approximate surface area is 85.3 Å². The Hall–Kier alpha value is -0.620. The lowest BCUT2D eigenvalue weighted by atomic mass is 9.97. The van der Waals surface area contributed by atoms with Gasteiger partial charge < -0.3 is 5.32 Å². The van der Waals surface area contributed by atoms with Crippen molar-refractivity contribution < 1.29 is 8.78 Å². The number of hydrogen-bond donors (Lipinski definition) is 1. The quantitative estimate of drug-likeness (QED) is 0.695. The summed E-state index contributed by atoms with van der Waals surface area (Å²) in [5.74, 6) is 3.00. The molecule has 0 saturated heterocycles. The number of alkyl halides is 2. The van der Waals surface area contributed by atoms with Crippen molar-refractivity contribution in [1.82, 2.24) is 5.32 Å². The van der Waals surface area contributed by atoms with Crippen LogP contribution >= 0.6 is 0 Å². The van der Waals surface area contributed by atoms with E-state index in [1.807, 2.05) is 20.8 Å². The zero-order chi connectivity index (χ0) is 11.4. The Kier molecular flexibility index (Phi) is 4.54. The van der Waals surface area contributed by atoms with E-state index >= 15 is 0 Å². The molecule has 0 heterocycles. The molecule has 0 aliphatic heterocycles. The molecule has 14 heavy (non-hydrogen) atoms. The standard InChI is InChI=1S/C11H19F2N/c1-10(2,3)8-6-7-9(14-5)11(4,12)13/h9,14H,7H2,1-5H3. The number of halogens is 2. The summed E-state index contributed by atoms with van der Waals surface area (Å²) in [4.78, 5) is 0. The zero-order valence-electron chi connectivity index (χ0n) is 9.54. The summed E-state index contributed by atoms with van der Waals surface area (Å²) in [7, 11) is 1.53. The molecule has 1 unspecified atom stereocenters. The maximum Gasteiger partial charge on any atom is 0.261 e. The van der Waals surface area contributed by atoms with Crippen molar-refractivity contribution in [2.75, 3.05) is 7.05 Å². The highest BCUT2D eigenvalue weighted by atomic mass is 19.3. The summed E-state index contributed by atoms with van der Waals surface area (Å²) in [5, 5.41) is 2.58. The molecule has 3 heteroatoms. The molecule has 0 saturated carbocycles. The SMILES string of the molecule is CNC(CC#CC(C)(C)C)C(C)(F)F. The van der Waals surface area contributed by atoms with Crippen LogP contribution in [0.1, 0.15) is 34.1 Å². The Morgan fingerprint density at radius 2 is 1.71 bits per heavy atom. The van der Waals surface area contributed by atoms with Gasteiger partial charge in [-0.3, -0.25) is 0 Å². The molecule has 0 aliphatic rings. The van der Waals surface area contributed by atoms with Gasteiger partial charge in [0.15, 0.2) is 0 Å². The van der Waals surface area contributed by atoms with Crippen molar-refractivity contribution >= 4 is 0 Å². The molecule has 0 aromatic heterocycles. The van der Waals surface area contributed by atoms with E-state index in [9.17, 15) is 8.78 Å². The Morgan fingerprint density at radius 1 is 1.21 bits per heavy atom. The number of nitrogens with one attached hydrogen (secondary N) is 1. The summed E-state index contributed by atoms with van der Waals surface area (Å²) in [6.45, 7) is 6.78. The third kappa shape index (κ3) is 5.93. The first-order chi connectivity index (χ1) is 6.17.